The van der Waals surface area contributed by atoms with Crippen LogP contribution in [0.25, 0.3) is 0 Å². The lowest BCUT2D eigenvalue weighted by Gasteiger charge is -2.50. The molecule has 5 rings (SSSR count). The Kier molecular flexibility index (Phi) is 9.72. The third-order valence-electron chi connectivity index (χ3n) is 7.94. The minimum atomic E-state index is -4.95. The van der Waals surface area contributed by atoms with Gasteiger partial charge in [0, 0.05) is 41.9 Å². The van der Waals surface area contributed by atoms with Crippen LogP contribution in [0.2, 0.25) is 4.34 Å². The van der Waals surface area contributed by atoms with E-state index >= 15 is 0 Å². The number of thiophene rings is 2. The first-order valence-electron chi connectivity index (χ1n) is 14.2. The van der Waals surface area contributed by atoms with Gasteiger partial charge in [-0.15, -0.1) is 22.7 Å². The van der Waals surface area contributed by atoms with Crippen LogP contribution in [0.15, 0.2) is 35.8 Å². The molecule has 2 aliphatic rings. The summed E-state index contributed by atoms with van der Waals surface area (Å²) in [6, 6.07) is 2.71. The Hall–Kier alpha value is -3.57. The maximum absolute atomic E-state index is 14.9. The summed E-state index contributed by atoms with van der Waals surface area (Å²) in [5, 5.41) is 10.5. The Bertz CT molecular complexity index is 1660. The van der Waals surface area contributed by atoms with E-state index in [4.69, 9.17) is 21.1 Å². The van der Waals surface area contributed by atoms with Gasteiger partial charge in [0.2, 0.25) is 5.60 Å². The van der Waals surface area contributed by atoms with Crippen molar-refractivity contribution in [2.45, 2.75) is 75.8 Å². The fraction of sp³-hybridized carbons (Fsp3) is 0.448. The van der Waals surface area contributed by atoms with Gasteiger partial charge in [-0.3, -0.25) is 19.5 Å². The van der Waals surface area contributed by atoms with Crippen LogP contribution in [0.4, 0.5) is 31.1 Å². The molecule has 3 aromatic rings. The molecule has 2 aliphatic heterocycles. The summed E-state index contributed by atoms with van der Waals surface area (Å²) < 4.78 is 94.2. The first-order chi connectivity index (χ1) is 22.0. The zero-order chi connectivity index (χ0) is 34.3. The first kappa shape index (κ1) is 34.8. The van der Waals surface area contributed by atoms with Crippen molar-refractivity contribution in [3.8, 4) is 5.75 Å². The summed E-state index contributed by atoms with van der Waals surface area (Å²) in [4.78, 5) is 45.9. The minimum absolute atomic E-state index is 0.00345. The van der Waals surface area contributed by atoms with Crippen molar-refractivity contribution >= 4 is 52.2 Å². The monoisotopic (exact) mass is 725 g/mol. The van der Waals surface area contributed by atoms with E-state index in [9.17, 15) is 45.8 Å². The maximum Gasteiger partial charge on any atom is 0.507 e. The highest BCUT2D eigenvalue weighted by Gasteiger charge is 2.57. The van der Waals surface area contributed by atoms with Crippen molar-refractivity contribution in [3.63, 3.8) is 0 Å². The topological polar surface area (TPSA) is 109 Å². The predicted octanol–water partition coefficient (Wildman–Crippen LogP) is 7.72. The number of aromatic nitrogens is 1. The van der Waals surface area contributed by atoms with E-state index in [0.29, 0.717) is 38.2 Å². The molecule has 3 atom stereocenters. The molecule has 1 saturated heterocycles. The number of nitrogens with zero attached hydrogens (tertiary/aromatic N) is 3. The van der Waals surface area contributed by atoms with Crippen LogP contribution in [0.5, 0.6) is 5.75 Å². The van der Waals surface area contributed by atoms with Crippen molar-refractivity contribution in [2.75, 3.05) is 6.54 Å². The second-order valence-corrected chi connectivity index (χ2v) is 13.6. The third-order valence-corrected chi connectivity index (χ3v) is 10.2. The smallest absolute Gasteiger partial charge is 0.474 e. The molecule has 3 aromatic heterocycles. The van der Waals surface area contributed by atoms with Crippen molar-refractivity contribution in [3.05, 3.63) is 66.8 Å². The number of likely N-dealkylation sites (tertiary alicyclic amines) is 1. The number of carboxylic acid groups (broad SMARTS) is 1. The molecule has 0 bridgehead atoms. The highest BCUT2D eigenvalue weighted by atomic mass is 35.5. The molecule has 5 heterocycles. The van der Waals surface area contributed by atoms with Gasteiger partial charge in [0.1, 0.15) is 16.3 Å². The zero-order valence-corrected chi connectivity index (χ0v) is 26.7. The van der Waals surface area contributed by atoms with Gasteiger partial charge < -0.3 is 19.5 Å². The summed E-state index contributed by atoms with van der Waals surface area (Å²) in [6.45, 7) is 1.36. The number of hydrogen-bond donors (Lipinski definition) is 1. The Morgan fingerprint density at radius 3 is 2.53 bits per heavy atom. The predicted molar refractivity (Wildman–Crippen MR) is 157 cm³/mol. The molecule has 0 aliphatic carbocycles. The molecule has 0 radical (unpaired) electrons. The number of amides is 2. The molecule has 18 heteroatoms. The second kappa shape index (κ2) is 13.1. The van der Waals surface area contributed by atoms with Gasteiger partial charge in [-0.2, -0.15) is 26.3 Å². The van der Waals surface area contributed by atoms with E-state index < -0.39 is 64.3 Å². The van der Waals surface area contributed by atoms with Crippen molar-refractivity contribution < 1.29 is 55.3 Å². The Balaban J connectivity index is 1.64. The highest BCUT2D eigenvalue weighted by Crippen LogP contribution is 2.44. The summed E-state index contributed by atoms with van der Waals surface area (Å²) in [6.07, 6.45) is -11.8. The average Bonchev–Trinajstić information content (AvgIpc) is 3.61. The summed E-state index contributed by atoms with van der Waals surface area (Å²) in [7, 11) is 0. The molecule has 9 nitrogen and oxygen atoms in total. The molecule has 0 spiro atoms. The second-order valence-electron chi connectivity index (χ2n) is 10.9. The molecule has 1 N–H and O–H groups in total. The quantitative estimate of drug-likeness (QED) is 0.196. The van der Waals surface area contributed by atoms with E-state index in [1.807, 2.05) is 0 Å². The number of ether oxygens (including phenoxy) is 2. The SMILES string of the molecule is CCC[C@H]1N(C(=O)c2ncccc2C(F)(F)F)CCC[C@@]1(Oc1csc(C(F)(F)F)c1)C(=O)N1Cc2sc(Cl)cc2CC1OC(=O)O. The minimum Gasteiger partial charge on any atom is -0.474 e. The highest BCUT2D eigenvalue weighted by molar-refractivity contribution is 7.16. The molecule has 0 saturated carbocycles. The van der Waals surface area contributed by atoms with Gasteiger partial charge in [0.25, 0.3) is 11.8 Å². The van der Waals surface area contributed by atoms with Crippen LogP contribution in [0, 0.1) is 0 Å². The van der Waals surface area contributed by atoms with Crippen LogP contribution in [-0.2, 0) is 34.8 Å². The van der Waals surface area contributed by atoms with Crippen molar-refractivity contribution in [1.29, 1.82) is 0 Å². The number of fused-ring (bicyclic) bond motifs is 1. The number of alkyl halides is 6. The number of halogens is 7. The van der Waals surface area contributed by atoms with E-state index in [0.717, 1.165) is 38.8 Å². The van der Waals surface area contributed by atoms with E-state index in [2.05, 4.69) is 4.98 Å². The Morgan fingerprint density at radius 2 is 1.89 bits per heavy atom. The summed E-state index contributed by atoms with van der Waals surface area (Å²) in [5.74, 6) is -2.42. The van der Waals surface area contributed by atoms with Gasteiger partial charge in [0.05, 0.1) is 22.5 Å². The lowest BCUT2D eigenvalue weighted by molar-refractivity contribution is -0.172. The fourth-order valence-electron chi connectivity index (χ4n) is 6.03. The molecule has 0 aromatic carbocycles. The van der Waals surface area contributed by atoms with Crippen LogP contribution in [-0.4, -0.2) is 62.3 Å². The molecular weight excluding hydrogens is 700 g/mol. The molecule has 254 valence electrons. The molecule has 1 unspecified atom stereocenters. The molecule has 2 amide bonds. The normalized spacial score (nSPS) is 21.7. The maximum atomic E-state index is 14.9. The van der Waals surface area contributed by atoms with Crippen molar-refractivity contribution in [1.82, 2.24) is 14.8 Å². The first-order valence-corrected chi connectivity index (χ1v) is 16.3. The number of carbonyl (C=O) groups is 3. The molecule has 47 heavy (non-hydrogen) atoms. The largest absolute Gasteiger partial charge is 0.507 e. The van der Waals surface area contributed by atoms with Crippen LogP contribution in [0.1, 0.15) is 64.0 Å². The molecular formula is C29H26ClF6N3O6S2. The van der Waals surface area contributed by atoms with E-state index in [1.54, 1.807) is 13.0 Å². The lowest BCUT2D eigenvalue weighted by Crippen LogP contribution is -2.69. The van der Waals surface area contributed by atoms with Gasteiger partial charge in [0.15, 0.2) is 6.23 Å². The zero-order valence-electron chi connectivity index (χ0n) is 24.4. The van der Waals surface area contributed by atoms with Crippen molar-refractivity contribution in [2.24, 2.45) is 0 Å². The lowest BCUT2D eigenvalue weighted by atomic mass is 9.79. The van der Waals surface area contributed by atoms with Gasteiger partial charge in [-0.25, -0.2) is 4.79 Å². The van der Waals surface area contributed by atoms with Crippen LogP contribution >= 0.6 is 34.3 Å². The van der Waals surface area contributed by atoms with Crippen LogP contribution < -0.4 is 4.74 Å². The number of rotatable bonds is 7. The van der Waals surface area contributed by atoms with E-state index in [1.165, 1.54) is 0 Å². The summed E-state index contributed by atoms with van der Waals surface area (Å²) >= 11 is 7.63. The van der Waals surface area contributed by atoms with Gasteiger partial charge in [-0.1, -0.05) is 24.9 Å². The Labute approximate surface area is 276 Å². The van der Waals surface area contributed by atoms with Crippen LogP contribution in [0.3, 0.4) is 0 Å². The molecule has 1 fully saturated rings. The Morgan fingerprint density at radius 1 is 1.15 bits per heavy atom. The van der Waals surface area contributed by atoms with Gasteiger partial charge >= 0.3 is 18.5 Å². The third kappa shape index (κ3) is 7.02. The fourth-order valence-corrected chi connectivity index (χ4v) is 8.04. The van der Waals surface area contributed by atoms with Gasteiger partial charge in [-0.05, 0) is 36.6 Å². The number of pyridine rings is 1. The summed E-state index contributed by atoms with van der Waals surface area (Å²) in [5.41, 5.74) is -3.76. The number of piperidine rings is 1. The number of hydrogen-bond acceptors (Lipinski definition) is 8. The van der Waals surface area contributed by atoms with E-state index in [-0.39, 0.29) is 50.9 Å². The average molecular weight is 726 g/mol. The standard InChI is InChI=1S/C29H26ClF6N3O6S2/c1-2-5-19-27(45-16-12-20(46-14-16)29(34,35)36,7-4-9-38(19)24(40)23-17(28(31,32)33)6-3-8-37-23)25(41)39-13-18-15(10-21(30)47-18)11-22(39)44-26(42)43/h3,6,8,10,12,14,19,22H,2,4-5,7,9,11,13H2,1H3,(H,42,43)/t19-,22?,27+/m1/s1. The number of carbonyl (C=O) groups excluding carboxylic acids is 2.